The molecule has 4 rings (SSSR count). The third kappa shape index (κ3) is 1.73. The highest BCUT2D eigenvalue weighted by atomic mass is 14.7. The lowest BCUT2D eigenvalue weighted by Gasteiger charge is -2.13. The molecule has 1 aromatic carbocycles. The van der Waals surface area contributed by atoms with Crippen LogP contribution in [0.4, 0.5) is 0 Å². The van der Waals surface area contributed by atoms with Crippen LogP contribution < -0.4 is 0 Å². The summed E-state index contributed by atoms with van der Waals surface area (Å²) in [5.41, 5.74) is 6.46. The second-order valence-corrected chi connectivity index (χ2v) is 5.14. The Bertz CT molecular complexity index is 705. The average Bonchev–Trinajstić information content (AvgIpc) is 2.84. The van der Waals surface area contributed by atoms with Crippen molar-refractivity contribution in [2.24, 2.45) is 0 Å². The van der Waals surface area contributed by atoms with Crippen LogP contribution in [0.3, 0.4) is 0 Å². The van der Waals surface area contributed by atoms with Crippen LogP contribution >= 0.6 is 0 Å². The molecule has 96 valence electrons. The van der Waals surface area contributed by atoms with Crippen LogP contribution in [0.5, 0.6) is 0 Å². The number of pyridine rings is 2. The lowest BCUT2D eigenvalue weighted by Crippen LogP contribution is -2.01. The molecule has 1 aliphatic rings. The SMILES string of the molecule is c1ccc2c(c1)-c1ncccc1C2Cc1ccncc1. The minimum atomic E-state index is 0.400. The largest absolute Gasteiger partial charge is 0.265 e. The molecule has 2 nitrogen and oxygen atoms in total. The fourth-order valence-electron chi connectivity index (χ4n) is 3.08. The fraction of sp³-hybridized carbons (Fsp3) is 0.111. The fourth-order valence-corrected chi connectivity index (χ4v) is 3.08. The van der Waals surface area contributed by atoms with E-state index in [0.717, 1.165) is 12.1 Å². The van der Waals surface area contributed by atoms with Gasteiger partial charge in [0.15, 0.2) is 0 Å². The molecule has 0 fully saturated rings. The summed E-state index contributed by atoms with van der Waals surface area (Å²) in [7, 11) is 0. The molecule has 0 saturated heterocycles. The first-order chi connectivity index (χ1) is 9.93. The first-order valence-corrected chi connectivity index (χ1v) is 6.86. The number of aromatic nitrogens is 2. The number of rotatable bonds is 2. The van der Waals surface area contributed by atoms with Crippen LogP contribution in [0.2, 0.25) is 0 Å². The zero-order chi connectivity index (χ0) is 13.4. The first-order valence-electron chi connectivity index (χ1n) is 6.86. The van der Waals surface area contributed by atoms with Gasteiger partial charge in [0.2, 0.25) is 0 Å². The van der Waals surface area contributed by atoms with Crippen LogP contribution in [0.15, 0.2) is 67.1 Å². The van der Waals surface area contributed by atoms with E-state index < -0.39 is 0 Å². The highest BCUT2D eigenvalue weighted by Gasteiger charge is 2.28. The molecule has 0 amide bonds. The number of benzene rings is 1. The molecule has 1 aliphatic carbocycles. The highest BCUT2D eigenvalue weighted by Crippen LogP contribution is 2.44. The van der Waals surface area contributed by atoms with Crippen LogP contribution in [0.25, 0.3) is 11.3 Å². The van der Waals surface area contributed by atoms with Gasteiger partial charge in [0.05, 0.1) is 5.69 Å². The number of hydrogen-bond acceptors (Lipinski definition) is 2. The molecule has 3 aromatic rings. The molecule has 20 heavy (non-hydrogen) atoms. The second kappa shape index (κ2) is 4.57. The van der Waals surface area contributed by atoms with Gasteiger partial charge < -0.3 is 0 Å². The highest BCUT2D eigenvalue weighted by molar-refractivity contribution is 5.75. The maximum atomic E-state index is 4.58. The number of fused-ring (bicyclic) bond motifs is 3. The third-order valence-electron chi connectivity index (χ3n) is 3.99. The molecule has 0 N–H and O–H groups in total. The number of nitrogens with zero attached hydrogens (tertiary/aromatic N) is 2. The summed E-state index contributed by atoms with van der Waals surface area (Å²) in [6, 6.07) is 17.0. The van der Waals surface area contributed by atoms with Gasteiger partial charge in [-0.3, -0.25) is 9.97 Å². The Balaban J connectivity index is 1.83. The van der Waals surface area contributed by atoms with Gasteiger partial charge in [0.1, 0.15) is 0 Å². The van der Waals surface area contributed by atoms with Crippen molar-refractivity contribution in [2.45, 2.75) is 12.3 Å². The van der Waals surface area contributed by atoms with Gasteiger partial charge in [-0.1, -0.05) is 30.3 Å². The Morgan fingerprint density at radius 1 is 0.800 bits per heavy atom. The van der Waals surface area contributed by atoms with Gasteiger partial charge in [-0.15, -0.1) is 0 Å². The summed E-state index contributed by atoms with van der Waals surface area (Å²) in [6.07, 6.45) is 6.60. The molecule has 1 atom stereocenters. The van der Waals surface area contributed by atoms with Crippen LogP contribution in [-0.4, -0.2) is 9.97 Å². The lowest BCUT2D eigenvalue weighted by atomic mass is 9.91. The van der Waals surface area contributed by atoms with Crippen molar-refractivity contribution in [3.63, 3.8) is 0 Å². The minimum absolute atomic E-state index is 0.400. The molecule has 0 aliphatic heterocycles. The van der Waals surface area contributed by atoms with Crippen molar-refractivity contribution in [2.75, 3.05) is 0 Å². The third-order valence-corrected chi connectivity index (χ3v) is 3.99. The lowest BCUT2D eigenvalue weighted by molar-refractivity contribution is 0.823. The Morgan fingerprint density at radius 2 is 1.60 bits per heavy atom. The van der Waals surface area contributed by atoms with Crippen molar-refractivity contribution in [3.05, 3.63) is 83.8 Å². The summed E-state index contributed by atoms with van der Waals surface area (Å²) in [4.78, 5) is 8.68. The standard InChI is InChI=1S/C18H14N2/c1-2-5-15-14(4-1)17(12-13-7-10-19-11-8-13)16-6-3-9-20-18(15)16/h1-11,17H,12H2. The van der Waals surface area contributed by atoms with E-state index in [9.17, 15) is 0 Å². The van der Waals surface area contributed by atoms with E-state index in [-0.39, 0.29) is 0 Å². The Hall–Kier alpha value is -2.48. The molecule has 1 unspecified atom stereocenters. The predicted octanol–water partition coefficient (Wildman–Crippen LogP) is 3.83. The van der Waals surface area contributed by atoms with Crippen molar-refractivity contribution in [3.8, 4) is 11.3 Å². The van der Waals surface area contributed by atoms with Gasteiger partial charge in [0.25, 0.3) is 0 Å². The second-order valence-electron chi connectivity index (χ2n) is 5.14. The van der Waals surface area contributed by atoms with Gasteiger partial charge in [0, 0.05) is 30.1 Å². The summed E-state index contributed by atoms with van der Waals surface area (Å²) in [5.74, 6) is 0.400. The summed E-state index contributed by atoms with van der Waals surface area (Å²) in [5, 5.41) is 0. The molecule has 2 heterocycles. The van der Waals surface area contributed by atoms with Gasteiger partial charge in [-0.25, -0.2) is 0 Å². The minimum Gasteiger partial charge on any atom is -0.265 e. The van der Waals surface area contributed by atoms with Crippen molar-refractivity contribution < 1.29 is 0 Å². The molecule has 0 radical (unpaired) electrons. The maximum Gasteiger partial charge on any atom is 0.0743 e. The van der Waals surface area contributed by atoms with Crippen molar-refractivity contribution in [1.82, 2.24) is 9.97 Å². The summed E-state index contributed by atoms with van der Waals surface area (Å²) in [6.45, 7) is 0. The topological polar surface area (TPSA) is 25.8 Å². The molecule has 0 bridgehead atoms. The van der Waals surface area contributed by atoms with Crippen LogP contribution in [-0.2, 0) is 6.42 Å². The Labute approximate surface area is 118 Å². The van der Waals surface area contributed by atoms with E-state index in [2.05, 4.69) is 52.4 Å². The van der Waals surface area contributed by atoms with E-state index in [4.69, 9.17) is 0 Å². The van der Waals surface area contributed by atoms with Crippen molar-refractivity contribution in [1.29, 1.82) is 0 Å². The normalized spacial score (nSPS) is 15.7. The van der Waals surface area contributed by atoms with Gasteiger partial charge >= 0.3 is 0 Å². The summed E-state index contributed by atoms with van der Waals surface area (Å²) < 4.78 is 0. The molecular formula is C18H14N2. The number of hydrogen-bond donors (Lipinski definition) is 0. The van der Waals surface area contributed by atoms with E-state index in [0.29, 0.717) is 5.92 Å². The van der Waals surface area contributed by atoms with E-state index in [1.54, 1.807) is 0 Å². The Kier molecular flexibility index (Phi) is 2.59. The maximum absolute atomic E-state index is 4.58. The monoisotopic (exact) mass is 258 g/mol. The zero-order valence-electron chi connectivity index (χ0n) is 11.0. The van der Waals surface area contributed by atoms with Gasteiger partial charge in [-0.2, -0.15) is 0 Å². The molecule has 0 saturated carbocycles. The first kappa shape index (κ1) is 11.4. The smallest absolute Gasteiger partial charge is 0.0743 e. The average molecular weight is 258 g/mol. The quantitative estimate of drug-likeness (QED) is 0.698. The molecule has 0 spiro atoms. The molecule has 2 heteroatoms. The molecule has 2 aromatic heterocycles. The van der Waals surface area contributed by atoms with Gasteiger partial charge in [-0.05, 0) is 41.3 Å². The van der Waals surface area contributed by atoms with Crippen LogP contribution in [0, 0.1) is 0 Å². The van der Waals surface area contributed by atoms with E-state index in [1.807, 2.05) is 24.7 Å². The molecular weight excluding hydrogens is 244 g/mol. The predicted molar refractivity (Wildman–Crippen MR) is 79.5 cm³/mol. The van der Waals surface area contributed by atoms with E-state index >= 15 is 0 Å². The zero-order valence-corrected chi connectivity index (χ0v) is 11.0. The Morgan fingerprint density at radius 3 is 2.50 bits per heavy atom. The van der Waals surface area contributed by atoms with Crippen LogP contribution in [0.1, 0.15) is 22.6 Å². The summed E-state index contributed by atoms with van der Waals surface area (Å²) >= 11 is 0. The van der Waals surface area contributed by atoms with Crippen molar-refractivity contribution >= 4 is 0 Å². The van der Waals surface area contributed by atoms with E-state index in [1.165, 1.54) is 22.3 Å².